The van der Waals surface area contributed by atoms with Crippen LogP contribution in [0.1, 0.15) is 20.8 Å². The van der Waals surface area contributed by atoms with E-state index in [2.05, 4.69) is 10.6 Å². The first-order chi connectivity index (χ1) is 6.76. The van der Waals surface area contributed by atoms with Gasteiger partial charge in [-0.15, -0.1) is 0 Å². The minimum atomic E-state index is -0.854. The summed E-state index contributed by atoms with van der Waals surface area (Å²) in [5, 5.41) is 4.86. The van der Waals surface area contributed by atoms with Crippen molar-refractivity contribution in [3.05, 3.63) is 0 Å². The van der Waals surface area contributed by atoms with Crippen molar-refractivity contribution in [1.82, 2.24) is 10.6 Å². The molecule has 2 amide bonds. The molecule has 0 rings (SSSR count). The Morgan fingerprint density at radius 1 is 1.40 bits per heavy atom. The Bertz CT molecular complexity index is 258. The van der Waals surface area contributed by atoms with Crippen LogP contribution in [-0.2, 0) is 14.4 Å². The van der Waals surface area contributed by atoms with Gasteiger partial charge in [-0.1, -0.05) is 0 Å². The molecule has 0 fully saturated rings. The van der Waals surface area contributed by atoms with E-state index in [-0.39, 0.29) is 24.3 Å². The lowest BCUT2D eigenvalue weighted by molar-refractivity contribution is -0.131. The van der Waals surface area contributed by atoms with E-state index in [0.717, 1.165) is 0 Å². The number of nitrogens with one attached hydrogen (secondary N) is 2. The van der Waals surface area contributed by atoms with Gasteiger partial charge in [-0.05, 0) is 20.8 Å². The van der Waals surface area contributed by atoms with Crippen molar-refractivity contribution in [3.8, 4) is 0 Å². The summed E-state index contributed by atoms with van der Waals surface area (Å²) in [4.78, 5) is 31.9. The summed E-state index contributed by atoms with van der Waals surface area (Å²) < 4.78 is 0. The highest BCUT2D eigenvalue weighted by Gasteiger charge is 2.19. The molecule has 0 saturated heterocycles. The van der Waals surface area contributed by atoms with Gasteiger partial charge in [0.05, 0.1) is 0 Å². The van der Waals surface area contributed by atoms with Crippen LogP contribution in [0, 0.1) is 0 Å². The largest absolute Gasteiger partial charge is 0.350 e. The molecule has 15 heavy (non-hydrogen) atoms. The standard InChI is InChI=1S/C9H17N3O3/c1-9(2,3)12-8(15)6(10)4-11-7(14)5-13/h5-6H,4,10H2,1-3H3,(H,11,14)(H,12,15). The lowest BCUT2D eigenvalue weighted by atomic mass is 10.1. The van der Waals surface area contributed by atoms with Crippen molar-refractivity contribution in [1.29, 1.82) is 0 Å². The molecule has 0 aliphatic heterocycles. The number of carbonyl (C=O) groups is 3. The number of hydrogen-bond donors (Lipinski definition) is 3. The van der Waals surface area contributed by atoms with Crippen LogP contribution in [0.3, 0.4) is 0 Å². The maximum Gasteiger partial charge on any atom is 0.284 e. The molecule has 6 nitrogen and oxygen atoms in total. The molecule has 0 aromatic carbocycles. The van der Waals surface area contributed by atoms with Gasteiger partial charge in [0.25, 0.3) is 5.91 Å². The van der Waals surface area contributed by atoms with Crippen molar-refractivity contribution < 1.29 is 14.4 Å². The van der Waals surface area contributed by atoms with Crippen molar-refractivity contribution in [2.24, 2.45) is 5.73 Å². The second kappa shape index (κ2) is 5.45. The number of aldehydes is 1. The number of hydrogen-bond acceptors (Lipinski definition) is 4. The molecule has 0 radical (unpaired) electrons. The molecule has 1 atom stereocenters. The second-order valence-electron chi connectivity index (χ2n) is 4.21. The number of nitrogens with two attached hydrogens (primary N) is 1. The van der Waals surface area contributed by atoms with Gasteiger partial charge in [-0.2, -0.15) is 0 Å². The maximum atomic E-state index is 11.4. The summed E-state index contributed by atoms with van der Waals surface area (Å²) in [6, 6.07) is -0.854. The van der Waals surface area contributed by atoms with E-state index in [9.17, 15) is 14.4 Å². The Balaban J connectivity index is 4.00. The Hall–Kier alpha value is -1.43. The quantitative estimate of drug-likeness (QED) is 0.394. The summed E-state index contributed by atoms with van der Waals surface area (Å²) in [5.74, 6) is -1.15. The first-order valence-corrected chi connectivity index (χ1v) is 4.57. The first kappa shape index (κ1) is 13.6. The smallest absolute Gasteiger partial charge is 0.284 e. The van der Waals surface area contributed by atoms with Crippen LogP contribution in [0.15, 0.2) is 0 Å². The van der Waals surface area contributed by atoms with Crippen LogP contribution in [0.25, 0.3) is 0 Å². The van der Waals surface area contributed by atoms with Crippen LogP contribution in [0.5, 0.6) is 0 Å². The van der Waals surface area contributed by atoms with Gasteiger partial charge in [-0.3, -0.25) is 14.4 Å². The highest BCUT2D eigenvalue weighted by Crippen LogP contribution is 1.98. The van der Waals surface area contributed by atoms with Crippen LogP contribution in [0.4, 0.5) is 0 Å². The molecule has 0 aliphatic carbocycles. The van der Waals surface area contributed by atoms with E-state index >= 15 is 0 Å². The van der Waals surface area contributed by atoms with Crippen molar-refractivity contribution >= 4 is 18.1 Å². The average Bonchev–Trinajstić information content (AvgIpc) is 2.10. The maximum absolute atomic E-state index is 11.4. The lowest BCUT2D eigenvalue weighted by Crippen LogP contribution is -2.53. The Labute approximate surface area is 88.6 Å². The van der Waals surface area contributed by atoms with Gasteiger partial charge in [0.1, 0.15) is 6.04 Å². The minimum Gasteiger partial charge on any atom is -0.350 e. The first-order valence-electron chi connectivity index (χ1n) is 4.57. The molecule has 86 valence electrons. The molecule has 0 aliphatic rings. The van der Waals surface area contributed by atoms with E-state index in [1.807, 2.05) is 20.8 Å². The average molecular weight is 215 g/mol. The molecule has 6 heteroatoms. The van der Waals surface area contributed by atoms with E-state index in [0.29, 0.717) is 0 Å². The highest BCUT2D eigenvalue weighted by atomic mass is 16.2. The molecular weight excluding hydrogens is 198 g/mol. The topological polar surface area (TPSA) is 101 Å². The Morgan fingerprint density at radius 3 is 2.33 bits per heavy atom. The van der Waals surface area contributed by atoms with E-state index < -0.39 is 11.9 Å². The van der Waals surface area contributed by atoms with Gasteiger partial charge in [0.2, 0.25) is 12.2 Å². The third-order valence-corrected chi connectivity index (χ3v) is 1.44. The molecule has 0 bridgehead atoms. The fourth-order valence-electron chi connectivity index (χ4n) is 0.807. The number of amides is 2. The predicted octanol–water partition coefficient (Wildman–Crippen LogP) is -1.46. The highest BCUT2D eigenvalue weighted by molar-refractivity contribution is 6.23. The molecule has 1 unspecified atom stereocenters. The third kappa shape index (κ3) is 6.62. The van der Waals surface area contributed by atoms with Crippen molar-refractivity contribution in [2.45, 2.75) is 32.4 Å². The van der Waals surface area contributed by atoms with Crippen LogP contribution in [-0.4, -0.2) is 36.2 Å². The molecule has 0 saturated carbocycles. The monoisotopic (exact) mass is 215 g/mol. The minimum absolute atomic E-state index is 0.0561. The van der Waals surface area contributed by atoms with Crippen LogP contribution >= 0.6 is 0 Å². The fourth-order valence-corrected chi connectivity index (χ4v) is 0.807. The summed E-state index contributed by atoms with van der Waals surface area (Å²) in [6.45, 7) is 5.41. The van der Waals surface area contributed by atoms with Gasteiger partial charge in [-0.25, -0.2) is 0 Å². The zero-order chi connectivity index (χ0) is 12.1. The van der Waals surface area contributed by atoms with Crippen LogP contribution < -0.4 is 16.4 Å². The second-order valence-corrected chi connectivity index (χ2v) is 4.21. The molecular formula is C9H17N3O3. The predicted molar refractivity (Wildman–Crippen MR) is 54.9 cm³/mol. The number of rotatable bonds is 4. The Kier molecular flexibility index (Phi) is 4.93. The van der Waals surface area contributed by atoms with E-state index in [4.69, 9.17) is 5.73 Å². The SMILES string of the molecule is CC(C)(C)NC(=O)C(N)CNC(=O)C=O. The number of carbonyl (C=O) groups excluding carboxylic acids is 3. The molecule has 0 heterocycles. The van der Waals surface area contributed by atoms with Gasteiger partial charge >= 0.3 is 0 Å². The summed E-state index contributed by atoms with van der Waals surface area (Å²) in [5.41, 5.74) is 5.11. The molecule has 0 aromatic rings. The molecule has 4 N–H and O–H groups in total. The molecule has 0 spiro atoms. The lowest BCUT2D eigenvalue weighted by Gasteiger charge is -2.23. The Morgan fingerprint density at radius 2 is 1.93 bits per heavy atom. The van der Waals surface area contributed by atoms with Crippen LogP contribution in [0.2, 0.25) is 0 Å². The summed E-state index contributed by atoms with van der Waals surface area (Å²) in [6.07, 6.45) is 0.133. The summed E-state index contributed by atoms with van der Waals surface area (Å²) >= 11 is 0. The van der Waals surface area contributed by atoms with Gasteiger partial charge < -0.3 is 16.4 Å². The van der Waals surface area contributed by atoms with E-state index in [1.54, 1.807) is 0 Å². The zero-order valence-electron chi connectivity index (χ0n) is 9.16. The van der Waals surface area contributed by atoms with E-state index in [1.165, 1.54) is 0 Å². The van der Waals surface area contributed by atoms with Gasteiger partial charge in [0.15, 0.2) is 0 Å². The summed E-state index contributed by atoms with van der Waals surface area (Å²) in [7, 11) is 0. The van der Waals surface area contributed by atoms with Crippen molar-refractivity contribution in [2.75, 3.05) is 6.54 Å². The fraction of sp³-hybridized carbons (Fsp3) is 0.667. The normalized spacial score (nSPS) is 12.8. The van der Waals surface area contributed by atoms with Gasteiger partial charge in [0, 0.05) is 12.1 Å². The van der Waals surface area contributed by atoms with Crippen molar-refractivity contribution in [3.63, 3.8) is 0 Å². The third-order valence-electron chi connectivity index (χ3n) is 1.44. The zero-order valence-corrected chi connectivity index (χ0v) is 9.16. The molecule has 0 aromatic heterocycles.